The predicted octanol–water partition coefficient (Wildman–Crippen LogP) is 10.3. The van der Waals surface area contributed by atoms with Crippen molar-refractivity contribution >= 4 is 17.4 Å². The molecule has 3 N–H and O–H groups in total. The lowest BCUT2D eigenvalue weighted by molar-refractivity contribution is -0.177. The van der Waals surface area contributed by atoms with Gasteiger partial charge in [0.2, 0.25) is 0 Å². The van der Waals surface area contributed by atoms with Gasteiger partial charge in [-0.2, -0.15) is 0 Å². The number of carbonyl (C=O) groups excluding carboxylic acids is 1. The van der Waals surface area contributed by atoms with Crippen molar-refractivity contribution < 1.29 is 29.6 Å². The summed E-state index contributed by atoms with van der Waals surface area (Å²) in [6.45, 7) is 12.8. The van der Waals surface area contributed by atoms with Crippen molar-refractivity contribution in [1.29, 1.82) is 0 Å². The lowest BCUT2D eigenvalue weighted by Gasteiger charge is -2.62. The molecule has 1 aromatic carbocycles. The zero-order chi connectivity index (χ0) is 43.1. The molecule has 0 amide bonds. The first-order valence-corrected chi connectivity index (χ1v) is 24.6. The summed E-state index contributed by atoms with van der Waals surface area (Å²) in [5.74, 6) is 10.1. The molecule has 7 heteroatoms. The quantitative estimate of drug-likeness (QED) is 0.202. The van der Waals surface area contributed by atoms with Crippen LogP contribution < -0.4 is 4.90 Å². The number of fused-ring (bicyclic) bond motifs is 9. The van der Waals surface area contributed by atoms with E-state index >= 15 is 0 Å². The highest BCUT2D eigenvalue weighted by Gasteiger charge is 2.65. The maximum absolute atomic E-state index is 12.5. The first-order valence-electron chi connectivity index (χ1n) is 24.6. The van der Waals surface area contributed by atoms with Crippen LogP contribution in [0.4, 0.5) is 5.69 Å². The van der Waals surface area contributed by atoms with Gasteiger partial charge in [-0.1, -0.05) is 51.3 Å². The van der Waals surface area contributed by atoms with Gasteiger partial charge in [0, 0.05) is 43.5 Å². The van der Waals surface area contributed by atoms with Crippen molar-refractivity contribution in [3.63, 3.8) is 0 Å². The molecule has 7 nitrogen and oxygen atoms in total. The predicted molar refractivity (Wildman–Crippen MR) is 241 cm³/mol. The van der Waals surface area contributed by atoms with Gasteiger partial charge in [-0.3, -0.25) is 9.59 Å². The fourth-order valence-electron chi connectivity index (χ4n) is 16.7. The average Bonchev–Trinajstić information content (AvgIpc) is 3.73. The Morgan fingerprint density at radius 2 is 1.74 bits per heavy atom. The number of allylic oxidation sites excluding steroid dienone is 4. The molecule has 6 fully saturated rings. The zero-order valence-corrected chi connectivity index (χ0v) is 38.2. The number of aliphatic hydroxyl groups is 2. The minimum atomic E-state index is -0.971. The van der Waals surface area contributed by atoms with Crippen LogP contribution in [0.5, 0.6) is 0 Å². The number of ketones is 1. The monoisotopic (exact) mass is 834 g/mol. The first kappa shape index (κ1) is 43.3. The summed E-state index contributed by atoms with van der Waals surface area (Å²) in [5, 5.41) is 33.4. The number of hydrogen-bond donors (Lipinski definition) is 3. The molecule has 0 unspecified atom stereocenters. The Hall–Kier alpha value is -2.92. The van der Waals surface area contributed by atoms with E-state index in [-0.39, 0.29) is 46.6 Å². The Kier molecular flexibility index (Phi) is 11.6. The smallest absolute Gasteiger partial charge is 0.303 e. The lowest BCUT2D eigenvalue weighted by atomic mass is 9.43. The number of likely N-dealkylation sites (N-methyl/N-ethyl adjacent to an activating group) is 1. The molecule has 1 aromatic rings. The summed E-state index contributed by atoms with van der Waals surface area (Å²) in [5.41, 5.74) is 5.65. The third kappa shape index (κ3) is 7.11. The third-order valence-electron chi connectivity index (χ3n) is 20.0. The SMILES string of the molecule is CC#C[C@]1(O)CC[C@H]2[C@@H]3CCC4=CC(=O)CCC4=C3[C@@H](c3ccc(N(C)CCO[C@H]4CC[C@@]5(C)[C@H](CC[C@@H]6[C@@H]5C[C@H](O)[C@]5(C)[C@@H]([C@H](C)CCC(=O)O)CC[C@@H]65)C4)cc3)C[C@@]21C. The maximum atomic E-state index is 12.5. The van der Waals surface area contributed by atoms with Crippen LogP contribution in [0.15, 0.2) is 47.1 Å². The standard InChI is InChI=1S/C54H75NO6/c1-7-24-54(60)26-23-45-42-16-11-35-29-38(56)15-18-40(35)50(42)43(32-52(45,54)4)34-9-13-37(14-10-34)55(6)27-28-61-39-22-25-51(3)36(30-39)12-17-41-46-20-19-44(33(2)8-21-49(58)59)53(46,5)48(57)31-47(41)51/h9-10,13-14,29,33,36,39,41-48,57,60H,8,11-12,15-23,25-28,30-32H2,1-6H3,(H,58,59)/t33-,36-,39+,41+,42+,43-,44-,45+,46+,47+,48+,51+,52+,53-,54+/m1/s1. The van der Waals surface area contributed by atoms with Crippen LogP contribution in [0.1, 0.15) is 155 Å². The van der Waals surface area contributed by atoms with Gasteiger partial charge in [0.1, 0.15) is 5.60 Å². The highest BCUT2D eigenvalue weighted by molar-refractivity contribution is 5.93. The molecule has 0 saturated heterocycles. The van der Waals surface area contributed by atoms with Gasteiger partial charge in [0.15, 0.2) is 5.78 Å². The van der Waals surface area contributed by atoms with Crippen molar-refractivity contribution in [2.24, 2.45) is 63.6 Å². The number of ether oxygens (including phenoxy) is 1. The maximum Gasteiger partial charge on any atom is 0.303 e. The molecule has 332 valence electrons. The van der Waals surface area contributed by atoms with Gasteiger partial charge in [-0.05, 0) is 196 Å². The van der Waals surface area contributed by atoms with Crippen molar-refractivity contribution in [2.45, 2.75) is 167 Å². The number of carboxylic acids is 1. The summed E-state index contributed by atoms with van der Waals surface area (Å²) < 4.78 is 6.72. The Balaban J connectivity index is 0.832. The molecule has 0 aromatic heterocycles. The van der Waals surface area contributed by atoms with Gasteiger partial charge < -0.3 is 25.0 Å². The van der Waals surface area contributed by atoms with Crippen LogP contribution in [-0.4, -0.2) is 65.1 Å². The molecular weight excluding hydrogens is 759 g/mol. The molecule has 61 heavy (non-hydrogen) atoms. The first-order chi connectivity index (χ1) is 29.1. The second-order valence-electron chi connectivity index (χ2n) is 22.4. The van der Waals surface area contributed by atoms with Crippen molar-refractivity contribution in [2.75, 3.05) is 25.1 Å². The number of hydrogen-bond acceptors (Lipinski definition) is 6. The van der Waals surface area contributed by atoms with Crippen LogP contribution in [0.25, 0.3) is 0 Å². The molecule has 0 spiro atoms. The minimum Gasteiger partial charge on any atom is -0.481 e. The van der Waals surface area contributed by atoms with Crippen LogP contribution >= 0.6 is 0 Å². The van der Waals surface area contributed by atoms with E-state index in [1.807, 2.05) is 13.0 Å². The highest BCUT2D eigenvalue weighted by Crippen LogP contribution is 2.69. The number of carbonyl (C=O) groups is 2. The van der Waals surface area contributed by atoms with Crippen LogP contribution in [0, 0.1) is 75.4 Å². The number of aliphatic hydroxyl groups excluding tert-OH is 1. The Morgan fingerprint density at radius 3 is 2.49 bits per heavy atom. The summed E-state index contributed by atoms with van der Waals surface area (Å²) in [7, 11) is 2.17. The van der Waals surface area contributed by atoms with Crippen LogP contribution in [-0.2, 0) is 14.3 Å². The molecule has 6 saturated carbocycles. The number of benzene rings is 1. The van der Waals surface area contributed by atoms with E-state index < -0.39 is 11.6 Å². The molecule has 0 bridgehead atoms. The second kappa shape index (κ2) is 16.3. The van der Waals surface area contributed by atoms with Gasteiger partial charge >= 0.3 is 5.97 Å². The minimum absolute atomic E-state index is 0.102. The van der Waals surface area contributed by atoms with Gasteiger partial charge in [-0.25, -0.2) is 0 Å². The van der Waals surface area contributed by atoms with Gasteiger partial charge in [0.05, 0.1) is 18.8 Å². The Labute approximate surface area is 366 Å². The number of aliphatic carboxylic acids is 1. The third-order valence-corrected chi connectivity index (χ3v) is 20.0. The van der Waals surface area contributed by atoms with E-state index in [1.54, 1.807) is 5.57 Å². The van der Waals surface area contributed by atoms with Crippen LogP contribution in [0.3, 0.4) is 0 Å². The normalized spacial score (nSPS) is 43.0. The fourth-order valence-corrected chi connectivity index (χ4v) is 16.7. The van der Waals surface area contributed by atoms with E-state index in [2.05, 4.69) is 75.7 Å². The summed E-state index contributed by atoms with van der Waals surface area (Å²) in [4.78, 5) is 26.2. The molecule has 8 aliphatic carbocycles. The molecule has 0 heterocycles. The molecule has 9 rings (SSSR count). The second-order valence-corrected chi connectivity index (χ2v) is 22.4. The van der Waals surface area contributed by atoms with E-state index in [1.165, 1.54) is 48.1 Å². The highest BCUT2D eigenvalue weighted by atomic mass is 16.5. The topological polar surface area (TPSA) is 107 Å². The fraction of sp³-hybridized carbons (Fsp3) is 0.741. The molecule has 15 atom stereocenters. The van der Waals surface area contributed by atoms with Crippen molar-refractivity contribution in [1.82, 2.24) is 0 Å². The van der Waals surface area contributed by atoms with E-state index in [0.717, 1.165) is 70.8 Å². The number of carboxylic acid groups (broad SMARTS) is 1. The largest absolute Gasteiger partial charge is 0.481 e. The Bertz CT molecular complexity index is 1990. The van der Waals surface area contributed by atoms with E-state index in [9.17, 15) is 24.9 Å². The van der Waals surface area contributed by atoms with Gasteiger partial charge in [0.25, 0.3) is 0 Å². The zero-order valence-electron chi connectivity index (χ0n) is 38.2. The molecule has 0 aliphatic heterocycles. The molecule has 0 radical (unpaired) electrons. The summed E-state index contributed by atoms with van der Waals surface area (Å²) >= 11 is 0. The molecule has 8 aliphatic rings. The van der Waals surface area contributed by atoms with Crippen molar-refractivity contribution in [3.8, 4) is 11.8 Å². The summed E-state index contributed by atoms with van der Waals surface area (Å²) in [6.07, 6.45) is 18.0. The van der Waals surface area contributed by atoms with E-state index in [4.69, 9.17) is 4.74 Å². The molecular formula is C54H75NO6. The summed E-state index contributed by atoms with van der Waals surface area (Å²) in [6, 6.07) is 9.20. The van der Waals surface area contributed by atoms with E-state index in [0.29, 0.717) is 66.8 Å². The lowest BCUT2D eigenvalue weighted by Crippen LogP contribution is -2.59. The number of rotatable bonds is 10. The Morgan fingerprint density at radius 1 is 0.951 bits per heavy atom. The number of nitrogens with zero attached hydrogens (tertiary/aromatic N) is 1. The van der Waals surface area contributed by atoms with Gasteiger partial charge in [-0.15, -0.1) is 5.92 Å². The number of anilines is 1. The van der Waals surface area contributed by atoms with Crippen molar-refractivity contribution in [3.05, 3.63) is 52.6 Å². The average molecular weight is 834 g/mol. The van der Waals surface area contributed by atoms with Crippen LogP contribution in [0.2, 0.25) is 0 Å².